The lowest BCUT2D eigenvalue weighted by Crippen LogP contribution is -2.46. The molecule has 1 aliphatic carbocycles. The van der Waals surface area contributed by atoms with Crippen LogP contribution in [0.25, 0.3) is 0 Å². The summed E-state index contributed by atoms with van der Waals surface area (Å²) >= 11 is 0. The average Bonchev–Trinajstić information content (AvgIpc) is 3.32. The van der Waals surface area contributed by atoms with Crippen LogP contribution in [-0.4, -0.2) is 53.5 Å². The van der Waals surface area contributed by atoms with Gasteiger partial charge in [0.2, 0.25) is 5.91 Å². The van der Waals surface area contributed by atoms with E-state index in [1.807, 2.05) is 30.3 Å². The standard InChI is InChI=1S/C26H30F3N3O3/c27-26(28,29)20-8-4-5-18(15-20)24(34)30-16-23(33)32-14-11-22(17-32)31-21-9-12-25(35,13-10-21)19-6-2-1-3-7-19/h1-8,15,21-22,31,35H,9-14,16-17H2,(H,30,34). The number of nitrogens with zero attached hydrogens (tertiary/aromatic N) is 1. The second-order valence-corrected chi connectivity index (χ2v) is 9.43. The second-order valence-electron chi connectivity index (χ2n) is 9.43. The molecule has 2 aromatic rings. The molecule has 1 saturated carbocycles. The number of hydrogen-bond acceptors (Lipinski definition) is 4. The Labute approximate surface area is 202 Å². The highest BCUT2D eigenvalue weighted by atomic mass is 19.4. The number of halogens is 3. The third kappa shape index (κ3) is 6.21. The first-order valence-corrected chi connectivity index (χ1v) is 11.9. The molecule has 1 atom stereocenters. The number of alkyl halides is 3. The molecule has 4 rings (SSSR count). The summed E-state index contributed by atoms with van der Waals surface area (Å²) in [6.45, 7) is 0.795. The number of likely N-dealkylation sites (tertiary alicyclic amines) is 1. The summed E-state index contributed by atoms with van der Waals surface area (Å²) in [4.78, 5) is 26.5. The highest BCUT2D eigenvalue weighted by molar-refractivity contribution is 5.96. The lowest BCUT2D eigenvalue weighted by molar-refractivity contribution is -0.137. The molecule has 1 unspecified atom stereocenters. The molecule has 3 N–H and O–H groups in total. The van der Waals surface area contributed by atoms with Crippen LogP contribution in [0.1, 0.15) is 53.6 Å². The number of aliphatic hydroxyl groups is 1. The first-order valence-electron chi connectivity index (χ1n) is 11.9. The highest BCUT2D eigenvalue weighted by Gasteiger charge is 2.36. The quantitative estimate of drug-likeness (QED) is 0.581. The van der Waals surface area contributed by atoms with Gasteiger partial charge in [0.15, 0.2) is 0 Å². The van der Waals surface area contributed by atoms with E-state index in [-0.39, 0.29) is 30.1 Å². The Kier molecular flexibility index (Phi) is 7.47. The Morgan fingerprint density at radius 3 is 2.40 bits per heavy atom. The van der Waals surface area contributed by atoms with Gasteiger partial charge >= 0.3 is 6.18 Å². The van der Waals surface area contributed by atoms with Gasteiger partial charge in [0, 0.05) is 30.7 Å². The van der Waals surface area contributed by atoms with Crippen molar-refractivity contribution in [1.29, 1.82) is 0 Å². The highest BCUT2D eigenvalue weighted by Crippen LogP contribution is 2.37. The molecule has 2 fully saturated rings. The van der Waals surface area contributed by atoms with Crippen LogP contribution in [0, 0.1) is 0 Å². The average molecular weight is 490 g/mol. The van der Waals surface area contributed by atoms with Gasteiger partial charge in [0.1, 0.15) is 0 Å². The van der Waals surface area contributed by atoms with Crippen molar-refractivity contribution in [3.8, 4) is 0 Å². The van der Waals surface area contributed by atoms with Crippen LogP contribution in [0.4, 0.5) is 13.2 Å². The minimum Gasteiger partial charge on any atom is -0.385 e. The summed E-state index contributed by atoms with van der Waals surface area (Å²) in [6.07, 6.45) is -0.738. The maximum Gasteiger partial charge on any atom is 0.416 e. The summed E-state index contributed by atoms with van der Waals surface area (Å²) in [7, 11) is 0. The molecule has 1 saturated heterocycles. The fourth-order valence-corrected chi connectivity index (χ4v) is 4.96. The number of nitrogens with one attached hydrogen (secondary N) is 2. The van der Waals surface area contributed by atoms with E-state index < -0.39 is 23.2 Å². The monoisotopic (exact) mass is 489 g/mol. The van der Waals surface area contributed by atoms with Crippen molar-refractivity contribution in [2.24, 2.45) is 0 Å². The fourth-order valence-electron chi connectivity index (χ4n) is 4.96. The molecule has 0 radical (unpaired) electrons. The Morgan fingerprint density at radius 1 is 1.00 bits per heavy atom. The predicted octanol–water partition coefficient (Wildman–Crippen LogP) is 3.46. The van der Waals surface area contributed by atoms with Gasteiger partial charge in [0.05, 0.1) is 17.7 Å². The first kappa shape index (κ1) is 25.2. The zero-order chi connectivity index (χ0) is 25.1. The first-order chi connectivity index (χ1) is 16.6. The van der Waals surface area contributed by atoms with E-state index in [0.717, 1.165) is 37.0 Å². The predicted molar refractivity (Wildman–Crippen MR) is 124 cm³/mol. The van der Waals surface area contributed by atoms with Crippen LogP contribution in [0.2, 0.25) is 0 Å². The van der Waals surface area contributed by atoms with Crippen molar-refractivity contribution in [3.63, 3.8) is 0 Å². The van der Waals surface area contributed by atoms with Gasteiger partial charge in [-0.2, -0.15) is 13.2 Å². The third-order valence-corrected chi connectivity index (χ3v) is 6.99. The van der Waals surface area contributed by atoms with Gasteiger partial charge < -0.3 is 20.6 Å². The molecule has 6 nitrogen and oxygen atoms in total. The smallest absolute Gasteiger partial charge is 0.385 e. The molecule has 0 bridgehead atoms. The molecular formula is C26H30F3N3O3. The van der Waals surface area contributed by atoms with Gasteiger partial charge in [-0.15, -0.1) is 0 Å². The lowest BCUT2D eigenvalue weighted by Gasteiger charge is -2.37. The van der Waals surface area contributed by atoms with Gasteiger partial charge in [-0.05, 0) is 55.9 Å². The number of hydrogen-bond donors (Lipinski definition) is 3. The molecule has 1 aliphatic heterocycles. The molecule has 2 aliphatic rings. The van der Waals surface area contributed by atoms with E-state index in [9.17, 15) is 27.9 Å². The maximum atomic E-state index is 12.9. The second kappa shape index (κ2) is 10.4. The van der Waals surface area contributed by atoms with E-state index in [4.69, 9.17) is 0 Å². The van der Waals surface area contributed by atoms with E-state index in [1.165, 1.54) is 12.1 Å². The lowest BCUT2D eigenvalue weighted by atomic mass is 9.77. The molecule has 2 amide bonds. The summed E-state index contributed by atoms with van der Waals surface area (Å²) in [6, 6.07) is 14.2. The van der Waals surface area contributed by atoms with Crippen molar-refractivity contribution < 1.29 is 27.9 Å². The molecular weight excluding hydrogens is 459 g/mol. The summed E-state index contributed by atoms with van der Waals surface area (Å²) < 4.78 is 38.6. The van der Waals surface area contributed by atoms with E-state index >= 15 is 0 Å². The minimum atomic E-state index is -4.54. The molecule has 0 spiro atoms. The molecule has 1 heterocycles. The van der Waals surface area contributed by atoms with Crippen molar-refractivity contribution in [2.75, 3.05) is 19.6 Å². The molecule has 0 aromatic heterocycles. The normalized spacial score (nSPS) is 24.9. The fraction of sp³-hybridized carbons (Fsp3) is 0.462. The number of rotatable bonds is 6. The molecule has 2 aromatic carbocycles. The van der Waals surface area contributed by atoms with Crippen LogP contribution in [0.5, 0.6) is 0 Å². The van der Waals surface area contributed by atoms with Crippen molar-refractivity contribution >= 4 is 11.8 Å². The van der Waals surface area contributed by atoms with E-state index in [2.05, 4.69) is 10.6 Å². The summed E-state index contributed by atoms with van der Waals surface area (Å²) in [5.41, 5.74) is -0.894. The van der Waals surface area contributed by atoms with Gasteiger partial charge in [0.25, 0.3) is 5.91 Å². The SMILES string of the molecule is O=C(NCC(=O)N1CCC(NC2CCC(O)(c3ccccc3)CC2)C1)c1cccc(C(F)(F)F)c1. The van der Waals surface area contributed by atoms with E-state index in [1.54, 1.807) is 4.90 Å². The van der Waals surface area contributed by atoms with Gasteiger partial charge in [-0.1, -0.05) is 36.4 Å². The Hall–Kier alpha value is -2.91. The van der Waals surface area contributed by atoms with Gasteiger partial charge in [-0.3, -0.25) is 9.59 Å². The Morgan fingerprint density at radius 2 is 1.71 bits per heavy atom. The third-order valence-electron chi connectivity index (χ3n) is 6.99. The zero-order valence-corrected chi connectivity index (χ0v) is 19.4. The van der Waals surface area contributed by atoms with Crippen molar-refractivity contribution in [1.82, 2.24) is 15.5 Å². The largest absolute Gasteiger partial charge is 0.416 e. The van der Waals surface area contributed by atoms with Crippen molar-refractivity contribution in [2.45, 2.75) is 56.0 Å². The number of carbonyl (C=O) groups is 2. The number of amides is 2. The zero-order valence-electron chi connectivity index (χ0n) is 19.4. The van der Waals surface area contributed by atoms with Crippen LogP contribution in [0.15, 0.2) is 54.6 Å². The minimum absolute atomic E-state index is 0.131. The van der Waals surface area contributed by atoms with Crippen molar-refractivity contribution in [3.05, 3.63) is 71.3 Å². The maximum absolute atomic E-state index is 12.9. The van der Waals surface area contributed by atoms with Crippen LogP contribution in [0.3, 0.4) is 0 Å². The van der Waals surface area contributed by atoms with Gasteiger partial charge in [-0.25, -0.2) is 0 Å². The van der Waals surface area contributed by atoms with E-state index in [0.29, 0.717) is 25.9 Å². The Bertz CT molecular complexity index is 1040. The number of benzene rings is 2. The molecule has 188 valence electrons. The van der Waals surface area contributed by atoms with Crippen LogP contribution in [-0.2, 0) is 16.6 Å². The van der Waals surface area contributed by atoms with Crippen LogP contribution < -0.4 is 10.6 Å². The summed E-state index contributed by atoms with van der Waals surface area (Å²) in [5.74, 6) is -0.983. The topological polar surface area (TPSA) is 81.7 Å². The summed E-state index contributed by atoms with van der Waals surface area (Å²) in [5, 5.41) is 17.0. The number of carbonyl (C=O) groups excluding carboxylic acids is 2. The Balaban J connectivity index is 1.21. The molecule has 9 heteroatoms. The molecule has 35 heavy (non-hydrogen) atoms. The van der Waals surface area contributed by atoms with Crippen LogP contribution >= 0.6 is 0 Å².